The van der Waals surface area contributed by atoms with Gasteiger partial charge in [-0.25, -0.2) is 4.39 Å². The quantitative estimate of drug-likeness (QED) is 0.755. The second kappa shape index (κ2) is 9.50. The van der Waals surface area contributed by atoms with E-state index in [9.17, 15) is 14.0 Å². The highest BCUT2D eigenvalue weighted by Gasteiger charge is 2.25. The summed E-state index contributed by atoms with van der Waals surface area (Å²) in [4.78, 5) is 26.8. The Morgan fingerprint density at radius 2 is 2.04 bits per heavy atom. The maximum atomic E-state index is 12.9. The smallest absolute Gasteiger partial charge is 0.257 e. The lowest BCUT2D eigenvalue weighted by Crippen LogP contribution is -2.40. The van der Waals surface area contributed by atoms with Crippen LogP contribution in [0.3, 0.4) is 0 Å². The summed E-state index contributed by atoms with van der Waals surface area (Å²) in [5, 5.41) is 2.80. The largest absolute Gasteiger partial charge is 0.469 e. The summed E-state index contributed by atoms with van der Waals surface area (Å²) in [6.07, 6.45) is 3.55. The second-order valence-electron chi connectivity index (χ2n) is 6.93. The average molecular weight is 388 g/mol. The highest BCUT2D eigenvalue weighted by molar-refractivity contribution is 5.95. The normalized spacial score (nSPS) is 16.1. The number of carbonyl (C=O) groups is 2. The fraction of sp³-hybridized carbons (Fsp3) is 0.429. The molecular weight excluding hydrogens is 363 g/mol. The van der Waals surface area contributed by atoms with Crippen molar-refractivity contribution in [3.8, 4) is 0 Å². The third-order valence-electron chi connectivity index (χ3n) is 4.84. The van der Waals surface area contributed by atoms with Gasteiger partial charge in [-0.15, -0.1) is 0 Å². The number of ether oxygens (including phenoxy) is 1. The van der Waals surface area contributed by atoms with E-state index in [-0.39, 0.29) is 30.2 Å². The summed E-state index contributed by atoms with van der Waals surface area (Å²) in [7, 11) is 0. The highest BCUT2D eigenvalue weighted by Crippen LogP contribution is 2.17. The third-order valence-corrected chi connectivity index (χ3v) is 4.84. The molecule has 1 aliphatic rings. The number of halogens is 1. The molecule has 1 saturated heterocycles. The van der Waals surface area contributed by atoms with Gasteiger partial charge < -0.3 is 19.4 Å². The molecule has 0 saturated carbocycles. The predicted molar refractivity (Wildman–Crippen MR) is 101 cm³/mol. The lowest BCUT2D eigenvalue weighted by Gasteiger charge is -2.25. The zero-order valence-electron chi connectivity index (χ0n) is 15.9. The van der Waals surface area contributed by atoms with E-state index >= 15 is 0 Å². The van der Waals surface area contributed by atoms with Crippen molar-refractivity contribution in [2.24, 2.45) is 0 Å². The Hall–Kier alpha value is -2.67. The molecule has 2 amide bonds. The summed E-state index contributed by atoms with van der Waals surface area (Å²) < 4.78 is 23.8. The first kappa shape index (κ1) is 20.1. The van der Waals surface area contributed by atoms with E-state index in [1.54, 1.807) is 30.0 Å². The van der Waals surface area contributed by atoms with Crippen molar-refractivity contribution in [2.75, 3.05) is 19.7 Å². The van der Waals surface area contributed by atoms with E-state index in [0.29, 0.717) is 37.6 Å². The van der Waals surface area contributed by atoms with Gasteiger partial charge in [0.25, 0.3) is 5.91 Å². The van der Waals surface area contributed by atoms with E-state index in [0.717, 1.165) is 18.4 Å². The molecule has 7 heteroatoms. The van der Waals surface area contributed by atoms with Crippen molar-refractivity contribution >= 4 is 11.8 Å². The van der Waals surface area contributed by atoms with Gasteiger partial charge in [0.2, 0.25) is 5.91 Å². The van der Waals surface area contributed by atoms with Crippen LogP contribution in [-0.2, 0) is 16.1 Å². The monoisotopic (exact) mass is 388 g/mol. The first-order valence-electron chi connectivity index (χ1n) is 9.49. The first-order valence-corrected chi connectivity index (χ1v) is 9.49. The third kappa shape index (κ3) is 5.42. The van der Waals surface area contributed by atoms with Crippen LogP contribution in [0.4, 0.5) is 4.39 Å². The van der Waals surface area contributed by atoms with Crippen LogP contribution in [0.25, 0.3) is 0 Å². The molecule has 1 N–H and O–H groups in total. The molecule has 0 unspecified atom stereocenters. The Kier molecular flexibility index (Phi) is 6.81. The van der Waals surface area contributed by atoms with E-state index in [4.69, 9.17) is 9.15 Å². The Bertz CT molecular complexity index is 797. The van der Waals surface area contributed by atoms with Gasteiger partial charge in [-0.2, -0.15) is 0 Å². The summed E-state index contributed by atoms with van der Waals surface area (Å²) in [6.45, 7) is 3.51. The van der Waals surface area contributed by atoms with Gasteiger partial charge in [-0.3, -0.25) is 9.59 Å². The molecule has 3 rings (SSSR count). The van der Waals surface area contributed by atoms with Gasteiger partial charge in [-0.1, -0.05) is 12.1 Å². The summed E-state index contributed by atoms with van der Waals surface area (Å²) >= 11 is 0. The van der Waals surface area contributed by atoms with Crippen molar-refractivity contribution < 1.29 is 23.1 Å². The summed E-state index contributed by atoms with van der Waals surface area (Å²) in [6, 6.07) is 7.62. The van der Waals surface area contributed by atoms with Crippen molar-refractivity contribution in [2.45, 2.75) is 38.8 Å². The Morgan fingerprint density at radius 1 is 1.25 bits per heavy atom. The lowest BCUT2D eigenvalue weighted by molar-refractivity contribution is -0.121. The van der Waals surface area contributed by atoms with Gasteiger partial charge in [0.15, 0.2) is 0 Å². The number of nitrogens with one attached hydrogen (secondary N) is 1. The van der Waals surface area contributed by atoms with Crippen LogP contribution in [0.5, 0.6) is 0 Å². The van der Waals surface area contributed by atoms with E-state index < -0.39 is 0 Å². The number of rotatable bonds is 8. The van der Waals surface area contributed by atoms with Crippen LogP contribution in [0.1, 0.15) is 40.9 Å². The van der Waals surface area contributed by atoms with Crippen LogP contribution in [-0.4, -0.2) is 42.5 Å². The number of benzene rings is 1. The molecule has 2 aromatic rings. The van der Waals surface area contributed by atoms with Crippen LogP contribution in [0, 0.1) is 12.7 Å². The molecule has 1 aromatic heterocycles. The minimum absolute atomic E-state index is 0.00145. The molecular formula is C21H25FN2O4. The van der Waals surface area contributed by atoms with Crippen LogP contribution >= 0.6 is 0 Å². The van der Waals surface area contributed by atoms with E-state index in [1.165, 1.54) is 18.4 Å². The molecule has 1 atom stereocenters. The Labute approximate surface area is 163 Å². The van der Waals surface area contributed by atoms with Gasteiger partial charge in [0.1, 0.15) is 11.6 Å². The zero-order valence-corrected chi connectivity index (χ0v) is 15.9. The maximum absolute atomic E-state index is 12.9. The number of furan rings is 1. The van der Waals surface area contributed by atoms with Crippen molar-refractivity contribution in [1.29, 1.82) is 0 Å². The molecule has 150 valence electrons. The molecule has 0 bridgehead atoms. The highest BCUT2D eigenvalue weighted by atomic mass is 19.1. The molecule has 6 nitrogen and oxygen atoms in total. The molecule has 2 heterocycles. The molecule has 1 aliphatic heterocycles. The maximum Gasteiger partial charge on any atom is 0.257 e. The lowest BCUT2D eigenvalue weighted by atomic mass is 10.1. The average Bonchev–Trinajstić information content (AvgIpc) is 3.35. The number of hydrogen-bond donors (Lipinski definition) is 1. The molecule has 0 aliphatic carbocycles. The number of nitrogens with zero attached hydrogens (tertiary/aromatic N) is 1. The first-order chi connectivity index (χ1) is 13.5. The van der Waals surface area contributed by atoms with Crippen LogP contribution < -0.4 is 5.32 Å². The topological polar surface area (TPSA) is 71.8 Å². The minimum Gasteiger partial charge on any atom is -0.469 e. The van der Waals surface area contributed by atoms with Gasteiger partial charge in [-0.05, 0) is 43.5 Å². The number of carbonyl (C=O) groups excluding carboxylic acids is 2. The number of hydrogen-bond acceptors (Lipinski definition) is 4. The van der Waals surface area contributed by atoms with Crippen LogP contribution in [0.2, 0.25) is 0 Å². The Morgan fingerprint density at radius 3 is 2.68 bits per heavy atom. The predicted octanol–water partition coefficient (Wildman–Crippen LogP) is 3.05. The molecule has 0 radical (unpaired) electrons. The second-order valence-corrected chi connectivity index (χ2v) is 6.93. The fourth-order valence-corrected chi connectivity index (χ4v) is 3.21. The van der Waals surface area contributed by atoms with E-state index in [1.807, 2.05) is 0 Å². The minimum atomic E-state index is -0.312. The van der Waals surface area contributed by atoms with E-state index in [2.05, 4.69) is 5.32 Å². The molecule has 1 aromatic carbocycles. The number of amides is 2. The van der Waals surface area contributed by atoms with Crippen LogP contribution in [0.15, 0.2) is 41.0 Å². The summed E-state index contributed by atoms with van der Waals surface area (Å²) in [5.74, 6) is -0.0810. The van der Waals surface area contributed by atoms with Crippen molar-refractivity contribution in [3.05, 3.63) is 59.3 Å². The van der Waals surface area contributed by atoms with Gasteiger partial charge in [0, 0.05) is 32.7 Å². The molecule has 28 heavy (non-hydrogen) atoms. The standard InChI is InChI=1S/C21H25FN2O4/c1-15-19(9-12-27-15)21(26)24(14-18-3-2-11-28-18)10-8-20(25)23-13-16-4-6-17(22)7-5-16/h4-7,9,12,18H,2-3,8,10-11,13-14H2,1H3,(H,23,25)/t18-/m1/s1. The SMILES string of the molecule is Cc1occc1C(=O)N(CCC(=O)NCc1ccc(F)cc1)C[C@H]1CCCO1. The van der Waals surface area contributed by atoms with Crippen molar-refractivity contribution in [3.63, 3.8) is 0 Å². The van der Waals surface area contributed by atoms with Crippen molar-refractivity contribution in [1.82, 2.24) is 10.2 Å². The summed E-state index contributed by atoms with van der Waals surface area (Å²) in [5.41, 5.74) is 1.32. The number of aryl methyl sites for hydroxylation is 1. The fourth-order valence-electron chi connectivity index (χ4n) is 3.21. The van der Waals surface area contributed by atoms with Gasteiger partial charge in [0.05, 0.1) is 17.9 Å². The van der Waals surface area contributed by atoms with Gasteiger partial charge >= 0.3 is 0 Å². The molecule has 1 fully saturated rings. The molecule has 0 spiro atoms. The Balaban J connectivity index is 1.55. The zero-order chi connectivity index (χ0) is 19.9.